The lowest BCUT2D eigenvalue weighted by Crippen LogP contribution is -2.15. The van der Waals surface area contributed by atoms with Crippen LogP contribution in [0, 0.1) is 11.8 Å². The van der Waals surface area contributed by atoms with E-state index in [0.29, 0.717) is 5.92 Å². The predicted molar refractivity (Wildman–Crippen MR) is 71.7 cm³/mol. The van der Waals surface area contributed by atoms with Crippen molar-refractivity contribution in [2.45, 2.75) is 52.2 Å². The second-order valence-electron chi connectivity index (χ2n) is 4.99. The van der Waals surface area contributed by atoms with Gasteiger partial charge < -0.3 is 5.11 Å². The lowest BCUT2D eigenvalue weighted by atomic mass is 9.96. The van der Waals surface area contributed by atoms with E-state index in [0.717, 1.165) is 35.5 Å². The van der Waals surface area contributed by atoms with Gasteiger partial charge in [0.1, 0.15) is 0 Å². The summed E-state index contributed by atoms with van der Waals surface area (Å²) in [5.74, 6) is 1.20. The van der Waals surface area contributed by atoms with E-state index in [1.54, 1.807) is 6.20 Å². The average molecular weight is 301 g/mol. The maximum atomic E-state index is 10.5. The Labute approximate surface area is 111 Å². The van der Waals surface area contributed by atoms with Crippen LogP contribution in [0.2, 0.25) is 0 Å². The highest BCUT2D eigenvalue weighted by Gasteiger charge is 2.32. The smallest absolute Gasteiger partial charge is 0.0996 e. The zero-order chi connectivity index (χ0) is 12.4. The molecule has 1 aromatic rings. The van der Waals surface area contributed by atoms with Crippen LogP contribution in [0.1, 0.15) is 51.3 Å². The van der Waals surface area contributed by atoms with Crippen LogP contribution in [0.3, 0.4) is 0 Å². The molecule has 0 amide bonds. The molecule has 0 aliphatic heterocycles. The molecule has 1 aliphatic rings. The van der Waals surface area contributed by atoms with Crippen LogP contribution >= 0.6 is 15.9 Å². The number of aliphatic hydroxyl groups excluding tert-OH is 1. The van der Waals surface area contributed by atoms with Crippen molar-refractivity contribution < 1.29 is 5.11 Å². The van der Waals surface area contributed by atoms with Gasteiger partial charge in [0, 0.05) is 6.54 Å². The second-order valence-corrected chi connectivity index (χ2v) is 5.84. The highest BCUT2D eigenvalue weighted by atomic mass is 79.9. The van der Waals surface area contributed by atoms with Crippen LogP contribution in [-0.4, -0.2) is 14.9 Å². The highest BCUT2D eigenvalue weighted by Crippen LogP contribution is 2.41. The van der Waals surface area contributed by atoms with E-state index in [9.17, 15) is 5.11 Å². The summed E-state index contributed by atoms with van der Waals surface area (Å²) in [5, 5.41) is 14.8. The second kappa shape index (κ2) is 5.53. The lowest BCUT2D eigenvalue weighted by Gasteiger charge is -2.20. The van der Waals surface area contributed by atoms with Gasteiger partial charge in [-0.25, -0.2) is 0 Å². The van der Waals surface area contributed by atoms with Crippen LogP contribution in [0.5, 0.6) is 0 Å². The average Bonchev–Trinajstić information content (AvgIpc) is 2.94. The van der Waals surface area contributed by atoms with Crippen molar-refractivity contribution in [1.82, 2.24) is 9.78 Å². The summed E-state index contributed by atoms with van der Waals surface area (Å²) >= 11 is 3.49. The van der Waals surface area contributed by atoms with Gasteiger partial charge in [-0.3, -0.25) is 4.68 Å². The molecule has 17 heavy (non-hydrogen) atoms. The summed E-state index contributed by atoms with van der Waals surface area (Å²) in [6.07, 6.45) is 6.20. The van der Waals surface area contributed by atoms with Crippen molar-refractivity contribution in [3.63, 3.8) is 0 Å². The maximum Gasteiger partial charge on any atom is 0.0996 e. The summed E-state index contributed by atoms with van der Waals surface area (Å²) < 4.78 is 2.83. The van der Waals surface area contributed by atoms with Crippen LogP contribution < -0.4 is 0 Å². The van der Waals surface area contributed by atoms with Crippen molar-refractivity contribution >= 4 is 15.9 Å². The molecule has 2 rings (SSSR count). The van der Waals surface area contributed by atoms with E-state index in [1.807, 2.05) is 4.68 Å². The zero-order valence-corrected chi connectivity index (χ0v) is 12.2. The van der Waals surface area contributed by atoms with Gasteiger partial charge in [0.15, 0.2) is 0 Å². The minimum Gasteiger partial charge on any atom is -0.386 e. The lowest BCUT2D eigenvalue weighted by molar-refractivity contribution is 0.0991. The Morgan fingerprint density at radius 3 is 2.88 bits per heavy atom. The van der Waals surface area contributed by atoms with E-state index < -0.39 is 0 Å². The Morgan fingerprint density at radius 1 is 1.53 bits per heavy atom. The molecule has 1 aromatic heterocycles. The van der Waals surface area contributed by atoms with Gasteiger partial charge in [0.25, 0.3) is 0 Å². The van der Waals surface area contributed by atoms with Crippen molar-refractivity contribution in [2.24, 2.45) is 11.8 Å². The van der Waals surface area contributed by atoms with Crippen molar-refractivity contribution in [2.75, 3.05) is 0 Å². The Morgan fingerprint density at radius 2 is 2.29 bits per heavy atom. The molecule has 4 heteroatoms. The molecule has 3 unspecified atom stereocenters. The minimum absolute atomic E-state index is 0.372. The highest BCUT2D eigenvalue weighted by molar-refractivity contribution is 9.10. The number of aromatic nitrogens is 2. The monoisotopic (exact) mass is 300 g/mol. The molecule has 0 saturated heterocycles. The molecule has 1 N–H and O–H groups in total. The van der Waals surface area contributed by atoms with Gasteiger partial charge in [-0.05, 0) is 47.5 Å². The summed E-state index contributed by atoms with van der Waals surface area (Å²) in [7, 11) is 0. The zero-order valence-electron chi connectivity index (χ0n) is 10.6. The Hall–Kier alpha value is -0.350. The van der Waals surface area contributed by atoms with Crippen molar-refractivity contribution in [3.05, 3.63) is 16.4 Å². The third-order valence-electron chi connectivity index (χ3n) is 4.02. The van der Waals surface area contributed by atoms with Gasteiger partial charge in [-0.15, -0.1) is 0 Å². The number of rotatable bonds is 4. The number of hydrogen-bond donors (Lipinski definition) is 1. The maximum absolute atomic E-state index is 10.5. The van der Waals surface area contributed by atoms with Gasteiger partial charge in [-0.2, -0.15) is 5.10 Å². The van der Waals surface area contributed by atoms with Crippen LogP contribution in [0.4, 0.5) is 0 Å². The standard InChI is InChI=1S/C13H21BrN2O/c1-3-9-5-6-10(7-9)13(17)12-11(14)8-15-16(12)4-2/h8-10,13,17H,3-7H2,1-2H3. The van der Waals surface area contributed by atoms with E-state index in [-0.39, 0.29) is 6.10 Å². The molecule has 0 radical (unpaired) electrons. The first-order chi connectivity index (χ1) is 8.17. The summed E-state index contributed by atoms with van der Waals surface area (Å²) in [6, 6.07) is 0. The number of aliphatic hydroxyl groups is 1. The largest absolute Gasteiger partial charge is 0.386 e. The van der Waals surface area contributed by atoms with Gasteiger partial charge in [0.2, 0.25) is 0 Å². The molecular formula is C13H21BrN2O. The van der Waals surface area contributed by atoms with E-state index in [2.05, 4.69) is 34.9 Å². The quantitative estimate of drug-likeness (QED) is 0.924. The summed E-state index contributed by atoms with van der Waals surface area (Å²) in [6.45, 7) is 5.10. The van der Waals surface area contributed by atoms with Gasteiger partial charge in [-0.1, -0.05) is 19.8 Å². The fraction of sp³-hybridized carbons (Fsp3) is 0.769. The molecule has 1 heterocycles. The number of aryl methyl sites for hydroxylation is 1. The number of hydrogen-bond acceptors (Lipinski definition) is 2. The third kappa shape index (κ3) is 2.58. The topological polar surface area (TPSA) is 38.1 Å². The fourth-order valence-corrected chi connectivity index (χ4v) is 3.44. The van der Waals surface area contributed by atoms with E-state index in [1.165, 1.54) is 12.8 Å². The Kier molecular flexibility index (Phi) is 4.26. The number of halogens is 1. The number of nitrogens with zero attached hydrogens (tertiary/aromatic N) is 2. The first-order valence-corrected chi connectivity index (χ1v) is 7.35. The fourth-order valence-electron chi connectivity index (χ4n) is 2.91. The molecule has 0 bridgehead atoms. The predicted octanol–water partition coefficient (Wildman–Crippen LogP) is 3.53. The van der Waals surface area contributed by atoms with Gasteiger partial charge >= 0.3 is 0 Å². The first kappa shape index (κ1) is 13.1. The van der Waals surface area contributed by atoms with Crippen LogP contribution in [0.25, 0.3) is 0 Å². The SMILES string of the molecule is CCC1CCC(C(O)c2c(Br)cnn2CC)C1. The molecule has 1 saturated carbocycles. The van der Waals surface area contributed by atoms with Crippen LogP contribution in [0.15, 0.2) is 10.7 Å². The molecule has 1 fully saturated rings. The Balaban J connectivity index is 2.14. The van der Waals surface area contributed by atoms with Crippen LogP contribution in [-0.2, 0) is 6.54 Å². The molecule has 96 valence electrons. The van der Waals surface area contributed by atoms with E-state index in [4.69, 9.17) is 0 Å². The van der Waals surface area contributed by atoms with Crippen molar-refractivity contribution in [1.29, 1.82) is 0 Å². The molecule has 3 atom stereocenters. The molecule has 3 nitrogen and oxygen atoms in total. The molecule has 1 aliphatic carbocycles. The van der Waals surface area contributed by atoms with Gasteiger partial charge in [0.05, 0.1) is 22.5 Å². The van der Waals surface area contributed by atoms with E-state index >= 15 is 0 Å². The third-order valence-corrected chi connectivity index (χ3v) is 4.63. The molecular weight excluding hydrogens is 280 g/mol. The minimum atomic E-state index is -0.372. The molecule has 0 aromatic carbocycles. The first-order valence-electron chi connectivity index (χ1n) is 6.56. The summed E-state index contributed by atoms with van der Waals surface area (Å²) in [5.41, 5.74) is 0.953. The summed E-state index contributed by atoms with van der Waals surface area (Å²) in [4.78, 5) is 0. The van der Waals surface area contributed by atoms with Crippen molar-refractivity contribution in [3.8, 4) is 0 Å². The molecule has 0 spiro atoms. The Bertz CT molecular complexity index is 377. The normalized spacial score (nSPS) is 26.4.